The van der Waals surface area contributed by atoms with Crippen molar-refractivity contribution in [2.24, 2.45) is 0 Å². The summed E-state index contributed by atoms with van der Waals surface area (Å²) in [5, 5.41) is 7.70. The summed E-state index contributed by atoms with van der Waals surface area (Å²) in [6, 6.07) is 0. The topological polar surface area (TPSA) is 21.8 Å². The summed E-state index contributed by atoms with van der Waals surface area (Å²) in [7, 11) is 4.14. The van der Waals surface area contributed by atoms with E-state index in [1.54, 1.807) is 0 Å². The highest BCUT2D eigenvalue weighted by Gasteiger charge is 2.15. The van der Waals surface area contributed by atoms with E-state index >= 15 is 0 Å². The van der Waals surface area contributed by atoms with Crippen LogP contribution < -0.4 is 5.32 Å². The van der Waals surface area contributed by atoms with E-state index in [0.717, 1.165) is 26.6 Å². The van der Waals surface area contributed by atoms with Gasteiger partial charge in [-0.15, -0.1) is 0 Å². The lowest BCUT2D eigenvalue weighted by Gasteiger charge is -2.38. The number of nitrogens with zero attached hydrogens (tertiary/aromatic N) is 3. The molecule has 0 unspecified atom stereocenters. The molecule has 0 atom stereocenters. The van der Waals surface area contributed by atoms with Crippen LogP contribution in [0.1, 0.15) is 6.92 Å². The van der Waals surface area contributed by atoms with Crippen LogP contribution in [0.4, 0.5) is 0 Å². The molecule has 0 aliphatic carbocycles. The molecule has 1 aliphatic heterocycles. The molecule has 1 heterocycles. The second kappa shape index (κ2) is 4.01. The molecule has 4 nitrogen and oxygen atoms in total. The van der Waals surface area contributed by atoms with Crippen LogP contribution in [0.2, 0.25) is 0 Å². The number of hydrazine groups is 1. The molecule has 0 spiro atoms. The zero-order chi connectivity index (χ0) is 8.27. The van der Waals surface area contributed by atoms with Crippen LogP contribution >= 0.6 is 0 Å². The lowest BCUT2D eigenvalue weighted by atomic mass is 10.5. The Labute approximate surface area is 68.7 Å². The molecular weight excluding hydrogens is 140 g/mol. The van der Waals surface area contributed by atoms with Gasteiger partial charge >= 0.3 is 0 Å². The van der Waals surface area contributed by atoms with E-state index in [1.807, 2.05) is 0 Å². The maximum Gasteiger partial charge on any atom is 0.0673 e. The second-order valence-corrected chi connectivity index (χ2v) is 3.05. The van der Waals surface area contributed by atoms with Crippen molar-refractivity contribution in [3.63, 3.8) is 0 Å². The number of nitrogens with one attached hydrogen (secondary N) is 1. The van der Waals surface area contributed by atoms with Crippen molar-refractivity contribution in [1.29, 1.82) is 0 Å². The molecule has 0 radical (unpaired) electrons. The van der Waals surface area contributed by atoms with Crippen LogP contribution in [-0.2, 0) is 0 Å². The molecule has 1 aliphatic rings. The minimum Gasteiger partial charge on any atom is -0.290 e. The van der Waals surface area contributed by atoms with Crippen LogP contribution in [0.25, 0.3) is 0 Å². The van der Waals surface area contributed by atoms with E-state index in [0.29, 0.717) is 0 Å². The van der Waals surface area contributed by atoms with Gasteiger partial charge in [0.1, 0.15) is 0 Å². The van der Waals surface area contributed by atoms with E-state index in [-0.39, 0.29) is 0 Å². The summed E-state index contributed by atoms with van der Waals surface area (Å²) < 4.78 is 0. The third-order valence-corrected chi connectivity index (χ3v) is 2.01. The van der Waals surface area contributed by atoms with Gasteiger partial charge in [0, 0.05) is 14.1 Å². The largest absolute Gasteiger partial charge is 0.290 e. The predicted octanol–water partition coefficient (Wildman–Crippen LogP) is -0.437. The highest BCUT2D eigenvalue weighted by Crippen LogP contribution is 1.98. The maximum absolute atomic E-state index is 3.33. The van der Waals surface area contributed by atoms with Gasteiger partial charge in [-0.25, -0.2) is 10.0 Å². The Morgan fingerprint density at radius 3 is 2.64 bits per heavy atom. The van der Waals surface area contributed by atoms with Gasteiger partial charge in [-0.3, -0.25) is 10.2 Å². The minimum atomic E-state index is 0.962. The summed E-state index contributed by atoms with van der Waals surface area (Å²) in [5.41, 5.74) is 0. The van der Waals surface area contributed by atoms with Gasteiger partial charge < -0.3 is 0 Å². The van der Waals surface area contributed by atoms with Crippen LogP contribution in [0.5, 0.6) is 0 Å². The average molecular weight is 158 g/mol. The molecule has 1 saturated heterocycles. The normalized spacial score (nSPS) is 22.9. The van der Waals surface area contributed by atoms with Crippen molar-refractivity contribution in [2.75, 3.05) is 40.6 Å². The van der Waals surface area contributed by atoms with Gasteiger partial charge in [-0.05, 0) is 6.54 Å². The van der Waals surface area contributed by atoms with E-state index in [9.17, 15) is 0 Å². The lowest BCUT2D eigenvalue weighted by molar-refractivity contribution is -0.0633. The number of rotatable bonds is 2. The Bertz CT molecular complexity index is 115. The van der Waals surface area contributed by atoms with Crippen LogP contribution in [0, 0.1) is 0 Å². The molecule has 66 valence electrons. The van der Waals surface area contributed by atoms with Crippen molar-refractivity contribution in [3.8, 4) is 0 Å². The number of hydrogen-bond donors (Lipinski definition) is 1. The Balaban J connectivity index is 2.33. The fourth-order valence-corrected chi connectivity index (χ4v) is 1.15. The first-order valence-electron chi connectivity index (χ1n) is 4.09. The molecule has 11 heavy (non-hydrogen) atoms. The van der Waals surface area contributed by atoms with Crippen LogP contribution in [0.3, 0.4) is 0 Å². The van der Waals surface area contributed by atoms with Gasteiger partial charge in [0.25, 0.3) is 0 Å². The Morgan fingerprint density at radius 1 is 1.36 bits per heavy atom. The Hall–Kier alpha value is -0.160. The highest BCUT2D eigenvalue weighted by atomic mass is 15.7. The predicted molar refractivity (Wildman–Crippen MR) is 45.6 cm³/mol. The van der Waals surface area contributed by atoms with Gasteiger partial charge in [-0.2, -0.15) is 0 Å². The highest BCUT2D eigenvalue weighted by molar-refractivity contribution is 4.60. The minimum absolute atomic E-state index is 0.962. The van der Waals surface area contributed by atoms with Crippen molar-refractivity contribution in [2.45, 2.75) is 6.92 Å². The average Bonchev–Trinajstić information content (AvgIpc) is 2.05. The summed E-state index contributed by atoms with van der Waals surface area (Å²) in [6.45, 7) is 6.30. The van der Waals surface area contributed by atoms with Crippen molar-refractivity contribution in [1.82, 2.24) is 20.2 Å². The Kier molecular flexibility index (Phi) is 3.26. The monoisotopic (exact) mass is 158 g/mol. The third kappa shape index (κ3) is 2.41. The smallest absolute Gasteiger partial charge is 0.0673 e. The lowest BCUT2D eigenvalue weighted by Crippen LogP contribution is -2.56. The SMILES string of the molecule is CCN1CNCN(N(C)C)C1. The quantitative estimate of drug-likeness (QED) is 0.588. The van der Waals surface area contributed by atoms with E-state index in [4.69, 9.17) is 0 Å². The van der Waals surface area contributed by atoms with Gasteiger partial charge in [0.15, 0.2) is 0 Å². The fourth-order valence-electron chi connectivity index (χ4n) is 1.15. The second-order valence-electron chi connectivity index (χ2n) is 3.05. The van der Waals surface area contributed by atoms with Gasteiger partial charge in [0.05, 0.1) is 20.0 Å². The first-order valence-corrected chi connectivity index (χ1v) is 4.09. The van der Waals surface area contributed by atoms with E-state index in [2.05, 4.69) is 41.3 Å². The Morgan fingerprint density at radius 2 is 2.09 bits per heavy atom. The van der Waals surface area contributed by atoms with E-state index < -0.39 is 0 Å². The molecule has 0 aromatic rings. The zero-order valence-electron chi connectivity index (χ0n) is 7.67. The molecule has 0 aromatic heterocycles. The summed E-state index contributed by atoms with van der Waals surface area (Å²) in [4.78, 5) is 2.35. The van der Waals surface area contributed by atoms with Gasteiger partial charge in [-0.1, -0.05) is 6.92 Å². The van der Waals surface area contributed by atoms with E-state index in [1.165, 1.54) is 0 Å². The summed E-state index contributed by atoms with van der Waals surface area (Å²) in [5.74, 6) is 0. The first kappa shape index (κ1) is 8.93. The van der Waals surface area contributed by atoms with Crippen molar-refractivity contribution < 1.29 is 0 Å². The standard InChI is InChI=1S/C7H18N4/c1-4-10-5-8-6-11(7-10)9(2)3/h8H,4-7H2,1-3H3. The molecule has 1 N–H and O–H groups in total. The van der Waals surface area contributed by atoms with Crippen LogP contribution in [-0.4, -0.2) is 55.6 Å². The van der Waals surface area contributed by atoms with Crippen molar-refractivity contribution in [3.05, 3.63) is 0 Å². The number of hydrogen-bond acceptors (Lipinski definition) is 4. The summed E-state index contributed by atoms with van der Waals surface area (Å²) >= 11 is 0. The van der Waals surface area contributed by atoms with Crippen LogP contribution in [0.15, 0.2) is 0 Å². The third-order valence-electron chi connectivity index (χ3n) is 2.01. The fraction of sp³-hybridized carbons (Fsp3) is 1.00. The van der Waals surface area contributed by atoms with Gasteiger partial charge in [0.2, 0.25) is 0 Å². The molecule has 0 bridgehead atoms. The zero-order valence-corrected chi connectivity index (χ0v) is 7.67. The first-order chi connectivity index (χ1) is 5.24. The maximum atomic E-state index is 3.33. The molecule has 0 amide bonds. The van der Waals surface area contributed by atoms with Crippen molar-refractivity contribution >= 4 is 0 Å². The summed E-state index contributed by atoms with van der Waals surface area (Å²) in [6.07, 6.45) is 0. The molecule has 1 fully saturated rings. The molecular formula is C7H18N4. The molecule has 0 aromatic carbocycles. The molecule has 1 rings (SSSR count). The molecule has 4 heteroatoms. The molecule has 0 saturated carbocycles.